The van der Waals surface area contributed by atoms with Crippen molar-refractivity contribution in [1.29, 1.82) is 0 Å². The van der Waals surface area contributed by atoms with Crippen LogP contribution in [0.15, 0.2) is 72.8 Å². The van der Waals surface area contributed by atoms with Gasteiger partial charge in [0.15, 0.2) is 0 Å². The molecule has 0 aliphatic heterocycles. The van der Waals surface area contributed by atoms with Crippen molar-refractivity contribution in [3.8, 4) is 0 Å². The number of anilines is 6. The van der Waals surface area contributed by atoms with Crippen LogP contribution in [0.3, 0.4) is 0 Å². The smallest absolute Gasteiger partial charge is 0.353 e. The molecule has 3 rings (SSSR count). The molecule has 0 spiro atoms. The first-order valence-corrected chi connectivity index (χ1v) is 9.66. The zero-order valence-electron chi connectivity index (χ0n) is 14.0. The first kappa shape index (κ1) is 17.5. The van der Waals surface area contributed by atoms with Crippen LogP contribution in [0.4, 0.5) is 34.1 Å². The Hall–Kier alpha value is -3.31. The standard InChI is InChI=1S/C18H21N6OP/c19-13-7-1-4-10-16(13)22-26(25,23-17-11-5-2-8-14(17)20)24-18-12-6-3-9-15(18)21/h1-12H,19-21H2,(H3,22,23,24,25). The number of nitrogens with one attached hydrogen (secondary N) is 3. The summed E-state index contributed by atoms with van der Waals surface area (Å²) in [6.45, 7) is 0. The fraction of sp³-hybridized carbons (Fsp3) is 0. The Labute approximate surface area is 152 Å². The van der Waals surface area contributed by atoms with Crippen LogP contribution in [-0.2, 0) is 4.57 Å². The first-order chi connectivity index (χ1) is 12.5. The van der Waals surface area contributed by atoms with E-state index in [1.54, 1.807) is 72.8 Å². The van der Waals surface area contributed by atoms with E-state index in [0.29, 0.717) is 34.1 Å². The number of nitrogens with two attached hydrogens (primary N) is 3. The van der Waals surface area contributed by atoms with Crippen molar-refractivity contribution in [2.75, 3.05) is 32.5 Å². The molecule has 0 aliphatic carbocycles. The van der Waals surface area contributed by atoms with E-state index in [1.807, 2.05) is 0 Å². The van der Waals surface area contributed by atoms with E-state index < -0.39 is 7.59 Å². The molecule has 0 radical (unpaired) electrons. The van der Waals surface area contributed by atoms with Crippen molar-refractivity contribution in [1.82, 2.24) is 0 Å². The van der Waals surface area contributed by atoms with Gasteiger partial charge in [-0.1, -0.05) is 36.4 Å². The third-order valence-electron chi connectivity index (χ3n) is 3.72. The van der Waals surface area contributed by atoms with Crippen molar-refractivity contribution in [3.05, 3.63) is 72.8 Å². The Morgan fingerprint density at radius 2 is 0.808 bits per heavy atom. The zero-order valence-corrected chi connectivity index (χ0v) is 14.9. The Balaban J connectivity index is 1.97. The third-order valence-corrected chi connectivity index (χ3v) is 5.38. The lowest BCUT2D eigenvalue weighted by Gasteiger charge is -2.26. The van der Waals surface area contributed by atoms with Gasteiger partial charge in [-0.2, -0.15) is 0 Å². The highest BCUT2D eigenvalue weighted by Crippen LogP contribution is 2.48. The summed E-state index contributed by atoms with van der Waals surface area (Å²) in [6, 6.07) is 21.2. The van der Waals surface area contributed by atoms with Crippen molar-refractivity contribution < 1.29 is 4.57 Å². The molecule has 0 aromatic heterocycles. The molecule has 134 valence electrons. The number of benzene rings is 3. The van der Waals surface area contributed by atoms with Gasteiger partial charge in [-0.3, -0.25) is 4.57 Å². The Morgan fingerprint density at radius 3 is 1.08 bits per heavy atom. The van der Waals surface area contributed by atoms with Crippen LogP contribution >= 0.6 is 7.59 Å². The molecule has 26 heavy (non-hydrogen) atoms. The van der Waals surface area contributed by atoms with Gasteiger partial charge >= 0.3 is 7.59 Å². The quantitative estimate of drug-likeness (QED) is 0.284. The summed E-state index contributed by atoms with van der Waals surface area (Å²) in [5, 5.41) is 8.92. The first-order valence-electron chi connectivity index (χ1n) is 7.95. The van der Waals surface area contributed by atoms with E-state index in [0.717, 1.165) is 0 Å². The number of hydrogen-bond donors (Lipinski definition) is 6. The van der Waals surface area contributed by atoms with Crippen LogP contribution < -0.4 is 32.5 Å². The van der Waals surface area contributed by atoms with E-state index in [9.17, 15) is 4.57 Å². The Morgan fingerprint density at radius 1 is 0.538 bits per heavy atom. The molecule has 8 heteroatoms. The van der Waals surface area contributed by atoms with E-state index in [2.05, 4.69) is 15.3 Å². The third kappa shape index (κ3) is 4.02. The predicted octanol–water partition coefficient (Wildman–Crippen LogP) is 4.18. The molecule has 0 saturated carbocycles. The minimum absolute atomic E-state index is 0.471. The highest BCUT2D eigenvalue weighted by molar-refractivity contribution is 7.68. The van der Waals surface area contributed by atoms with Gasteiger partial charge < -0.3 is 32.5 Å². The summed E-state index contributed by atoms with van der Waals surface area (Å²) in [5.74, 6) is 0. The summed E-state index contributed by atoms with van der Waals surface area (Å²) in [7, 11) is -3.46. The lowest BCUT2D eigenvalue weighted by Crippen LogP contribution is -2.16. The van der Waals surface area contributed by atoms with Crippen molar-refractivity contribution in [2.45, 2.75) is 0 Å². The normalized spacial score (nSPS) is 10.9. The van der Waals surface area contributed by atoms with Gasteiger partial charge in [0.25, 0.3) is 0 Å². The van der Waals surface area contributed by atoms with E-state index in [4.69, 9.17) is 17.2 Å². The topological polar surface area (TPSA) is 131 Å². The summed E-state index contributed by atoms with van der Waals surface area (Å²) >= 11 is 0. The number of hydrogen-bond acceptors (Lipinski definition) is 4. The maximum absolute atomic E-state index is 13.7. The molecular weight excluding hydrogens is 347 g/mol. The maximum Gasteiger partial charge on any atom is 0.353 e. The summed E-state index contributed by atoms with van der Waals surface area (Å²) in [4.78, 5) is 0. The average Bonchev–Trinajstić information content (AvgIpc) is 2.61. The molecule has 0 bridgehead atoms. The summed E-state index contributed by atoms with van der Waals surface area (Å²) in [5.41, 5.74) is 21.0. The molecule has 0 fully saturated rings. The fourth-order valence-corrected chi connectivity index (χ4v) is 4.19. The van der Waals surface area contributed by atoms with Gasteiger partial charge in [0.05, 0.1) is 34.1 Å². The van der Waals surface area contributed by atoms with Gasteiger partial charge in [0.1, 0.15) is 0 Å². The van der Waals surface area contributed by atoms with Gasteiger partial charge in [-0.15, -0.1) is 0 Å². The van der Waals surface area contributed by atoms with Crippen LogP contribution in [0.5, 0.6) is 0 Å². The van der Waals surface area contributed by atoms with Crippen molar-refractivity contribution in [3.63, 3.8) is 0 Å². The minimum Gasteiger partial charge on any atom is -0.397 e. The van der Waals surface area contributed by atoms with Crippen molar-refractivity contribution >= 4 is 41.7 Å². The summed E-state index contributed by atoms with van der Waals surface area (Å²) in [6.07, 6.45) is 0. The minimum atomic E-state index is -3.46. The molecule has 0 aliphatic rings. The highest BCUT2D eigenvalue weighted by atomic mass is 31.2. The largest absolute Gasteiger partial charge is 0.397 e. The van der Waals surface area contributed by atoms with E-state index in [1.165, 1.54) is 0 Å². The van der Waals surface area contributed by atoms with E-state index >= 15 is 0 Å². The zero-order chi connectivity index (χ0) is 18.6. The lowest BCUT2D eigenvalue weighted by atomic mass is 10.3. The number of rotatable bonds is 6. The molecule has 0 amide bonds. The maximum atomic E-state index is 13.7. The SMILES string of the molecule is Nc1ccccc1NP(=O)(Nc1ccccc1N)Nc1ccccc1N. The van der Waals surface area contributed by atoms with Gasteiger partial charge in [-0.25, -0.2) is 0 Å². The second-order valence-corrected chi connectivity index (χ2v) is 7.60. The molecule has 0 saturated heterocycles. The van der Waals surface area contributed by atoms with Crippen LogP contribution in [0.25, 0.3) is 0 Å². The van der Waals surface area contributed by atoms with Crippen LogP contribution in [0.1, 0.15) is 0 Å². The molecule has 9 N–H and O–H groups in total. The molecule has 0 atom stereocenters. The Bertz CT molecular complexity index is 839. The number of para-hydroxylation sites is 6. The monoisotopic (exact) mass is 368 g/mol. The fourth-order valence-electron chi connectivity index (χ4n) is 2.39. The molecule has 3 aromatic carbocycles. The van der Waals surface area contributed by atoms with E-state index in [-0.39, 0.29) is 0 Å². The second-order valence-electron chi connectivity index (χ2n) is 5.71. The van der Waals surface area contributed by atoms with Crippen LogP contribution in [0, 0.1) is 0 Å². The molecule has 0 unspecified atom stereocenters. The highest BCUT2D eigenvalue weighted by Gasteiger charge is 2.24. The summed E-state index contributed by atoms with van der Waals surface area (Å²) < 4.78 is 13.7. The molecule has 3 aromatic rings. The van der Waals surface area contributed by atoms with Crippen LogP contribution in [-0.4, -0.2) is 0 Å². The van der Waals surface area contributed by atoms with Gasteiger partial charge in [0.2, 0.25) is 0 Å². The lowest BCUT2D eigenvalue weighted by molar-refractivity contribution is 0.585. The molecule has 7 nitrogen and oxygen atoms in total. The molecule has 0 heterocycles. The van der Waals surface area contributed by atoms with Crippen LogP contribution in [0.2, 0.25) is 0 Å². The average molecular weight is 368 g/mol. The molecular formula is C18H21N6OP. The van der Waals surface area contributed by atoms with Gasteiger partial charge in [-0.05, 0) is 36.4 Å². The van der Waals surface area contributed by atoms with Gasteiger partial charge in [0, 0.05) is 0 Å². The van der Waals surface area contributed by atoms with Crippen molar-refractivity contribution in [2.24, 2.45) is 0 Å². The predicted molar refractivity (Wildman–Crippen MR) is 111 cm³/mol. The number of nitrogen functional groups attached to an aromatic ring is 3. The second kappa shape index (κ2) is 7.29. The Kier molecular flexibility index (Phi) is 4.91.